The largest absolute Gasteiger partial charge is 0.453 e. The van der Waals surface area contributed by atoms with Gasteiger partial charge in [-0.25, -0.2) is 4.79 Å². The molecule has 2 amide bonds. The van der Waals surface area contributed by atoms with E-state index < -0.39 is 6.09 Å². The summed E-state index contributed by atoms with van der Waals surface area (Å²) < 4.78 is 4.67. The quantitative estimate of drug-likeness (QED) is 0.721. The average molecular weight is 422 g/mol. The van der Waals surface area contributed by atoms with Gasteiger partial charge >= 0.3 is 6.09 Å². The number of methoxy groups -OCH3 is 1. The average Bonchev–Trinajstić information content (AvgIpc) is 2.75. The summed E-state index contributed by atoms with van der Waals surface area (Å²) in [5, 5.41) is 3.26. The maximum absolute atomic E-state index is 13.5. The Morgan fingerprint density at radius 2 is 1.83 bits per heavy atom. The van der Waals surface area contributed by atoms with Crippen LogP contribution in [0.1, 0.15) is 63.4 Å². The van der Waals surface area contributed by atoms with Crippen LogP contribution in [0.15, 0.2) is 18.2 Å². The third-order valence-electron chi connectivity index (χ3n) is 6.24. The van der Waals surface area contributed by atoms with Crippen LogP contribution >= 0.6 is 11.6 Å². The van der Waals surface area contributed by atoms with Crippen molar-refractivity contribution in [3.63, 3.8) is 0 Å². The molecule has 0 unspecified atom stereocenters. The Kier molecular flexibility index (Phi) is 7.78. The highest BCUT2D eigenvalue weighted by Crippen LogP contribution is 2.32. The number of hydrogen-bond acceptors (Lipinski definition) is 4. The van der Waals surface area contributed by atoms with E-state index in [2.05, 4.69) is 10.1 Å². The highest BCUT2D eigenvalue weighted by atomic mass is 35.5. The standard InChI is InChI=1S/C22H32ClN3O3/c1-29-22(28)25-18-9-12-20(23)16(13-18)14-26(19-10-7-17(24)8-11-19)21(27)15-5-3-2-4-6-15/h9,12-13,15,17,19H,2-8,10-11,14,24H2,1H3,(H,25,28). The van der Waals surface area contributed by atoms with E-state index >= 15 is 0 Å². The van der Waals surface area contributed by atoms with Crippen LogP contribution in [0, 0.1) is 5.92 Å². The Morgan fingerprint density at radius 3 is 2.48 bits per heavy atom. The molecule has 0 spiro atoms. The monoisotopic (exact) mass is 421 g/mol. The number of anilines is 1. The van der Waals surface area contributed by atoms with Gasteiger partial charge < -0.3 is 15.4 Å². The van der Waals surface area contributed by atoms with Gasteiger partial charge in [-0.1, -0.05) is 30.9 Å². The third-order valence-corrected chi connectivity index (χ3v) is 6.61. The van der Waals surface area contributed by atoms with Crippen LogP contribution in [0.3, 0.4) is 0 Å². The molecule has 2 saturated carbocycles. The number of ether oxygens (including phenoxy) is 1. The third kappa shape index (κ3) is 5.86. The number of benzene rings is 1. The van der Waals surface area contributed by atoms with Crippen molar-refractivity contribution in [3.8, 4) is 0 Å². The Labute approximate surface area is 178 Å². The number of nitrogens with one attached hydrogen (secondary N) is 1. The summed E-state index contributed by atoms with van der Waals surface area (Å²) in [4.78, 5) is 27.0. The number of carbonyl (C=O) groups is 2. The maximum atomic E-state index is 13.5. The zero-order valence-corrected chi connectivity index (χ0v) is 17.9. The summed E-state index contributed by atoms with van der Waals surface area (Å²) in [7, 11) is 1.32. The molecule has 2 aliphatic rings. The van der Waals surface area contributed by atoms with Crippen LogP contribution in [0.25, 0.3) is 0 Å². The zero-order chi connectivity index (χ0) is 20.8. The lowest BCUT2D eigenvalue weighted by atomic mass is 9.85. The van der Waals surface area contributed by atoms with Crippen LogP contribution < -0.4 is 11.1 Å². The molecule has 7 heteroatoms. The lowest BCUT2D eigenvalue weighted by Gasteiger charge is -2.39. The fraction of sp³-hybridized carbons (Fsp3) is 0.636. The molecule has 0 saturated heterocycles. The van der Waals surface area contributed by atoms with Crippen LogP contribution in [0.4, 0.5) is 10.5 Å². The van der Waals surface area contributed by atoms with Crippen LogP contribution in [0.5, 0.6) is 0 Å². The SMILES string of the molecule is COC(=O)Nc1ccc(Cl)c(CN(C(=O)C2CCCCC2)C2CCC(N)CC2)c1. The van der Waals surface area contributed by atoms with Crippen molar-refractivity contribution in [3.05, 3.63) is 28.8 Å². The van der Waals surface area contributed by atoms with Crippen LogP contribution in [0.2, 0.25) is 5.02 Å². The first-order valence-electron chi connectivity index (χ1n) is 10.7. The van der Waals surface area contributed by atoms with Crippen molar-refractivity contribution in [1.82, 2.24) is 4.90 Å². The van der Waals surface area contributed by atoms with Gasteiger partial charge in [0.25, 0.3) is 0 Å². The summed E-state index contributed by atoms with van der Waals surface area (Å²) >= 11 is 6.46. The van der Waals surface area contributed by atoms with Crippen LogP contribution in [-0.4, -0.2) is 36.1 Å². The Bertz CT molecular complexity index is 713. The predicted molar refractivity (Wildman–Crippen MR) is 115 cm³/mol. The summed E-state index contributed by atoms with van der Waals surface area (Å²) in [6, 6.07) is 5.74. The van der Waals surface area contributed by atoms with Gasteiger partial charge in [-0.15, -0.1) is 0 Å². The number of nitrogens with zero attached hydrogens (tertiary/aromatic N) is 1. The number of rotatable bonds is 5. The van der Waals surface area contributed by atoms with Crippen molar-refractivity contribution in [2.45, 2.75) is 76.4 Å². The number of carbonyl (C=O) groups excluding carboxylic acids is 2. The number of hydrogen-bond donors (Lipinski definition) is 2. The molecule has 0 bridgehead atoms. The van der Waals surface area contributed by atoms with E-state index in [1.165, 1.54) is 13.5 Å². The first-order valence-corrected chi connectivity index (χ1v) is 11.0. The molecule has 0 atom stereocenters. The lowest BCUT2D eigenvalue weighted by Crippen LogP contribution is -2.46. The lowest BCUT2D eigenvalue weighted by molar-refractivity contribution is -0.140. The molecule has 0 radical (unpaired) electrons. The van der Waals surface area contributed by atoms with Gasteiger partial charge in [-0.05, 0) is 62.3 Å². The van der Waals surface area contributed by atoms with E-state index in [-0.39, 0.29) is 23.9 Å². The molecule has 0 aliphatic heterocycles. The second-order valence-corrected chi connectivity index (χ2v) is 8.70. The van der Waals surface area contributed by atoms with E-state index in [0.717, 1.165) is 56.9 Å². The second-order valence-electron chi connectivity index (χ2n) is 8.29. The molecule has 3 N–H and O–H groups in total. The minimum atomic E-state index is -0.533. The van der Waals surface area contributed by atoms with Crippen molar-refractivity contribution in [2.24, 2.45) is 11.7 Å². The van der Waals surface area contributed by atoms with E-state index in [9.17, 15) is 9.59 Å². The molecule has 0 aromatic heterocycles. The molecular weight excluding hydrogens is 390 g/mol. The molecule has 6 nitrogen and oxygen atoms in total. The van der Waals surface area contributed by atoms with Gasteiger partial charge in [0, 0.05) is 35.3 Å². The molecule has 0 heterocycles. The molecular formula is C22H32ClN3O3. The fourth-order valence-electron chi connectivity index (χ4n) is 4.51. The number of halogens is 1. The van der Waals surface area contributed by atoms with Gasteiger partial charge in [0.2, 0.25) is 5.91 Å². The smallest absolute Gasteiger partial charge is 0.411 e. The van der Waals surface area contributed by atoms with Gasteiger partial charge in [0.1, 0.15) is 0 Å². The Balaban J connectivity index is 1.81. The molecule has 2 fully saturated rings. The Morgan fingerprint density at radius 1 is 1.14 bits per heavy atom. The van der Waals surface area contributed by atoms with Crippen molar-refractivity contribution >= 4 is 29.3 Å². The van der Waals surface area contributed by atoms with Gasteiger partial charge in [-0.3, -0.25) is 10.1 Å². The summed E-state index contributed by atoms with van der Waals surface area (Å²) in [6.07, 6.45) is 8.61. The molecule has 160 valence electrons. The first-order chi connectivity index (χ1) is 14.0. The summed E-state index contributed by atoms with van der Waals surface area (Å²) in [6.45, 7) is 0.449. The topological polar surface area (TPSA) is 84.7 Å². The maximum Gasteiger partial charge on any atom is 0.411 e. The first kappa shape index (κ1) is 21.9. The van der Waals surface area contributed by atoms with Crippen molar-refractivity contribution in [2.75, 3.05) is 12.4 Å². The van der Waals surface area contributed by atoms with Crippen molar-refractivity contribution in [1.29, 1.82) is 0 Å². The number of nitrogens with two attached hydrogens (primary N) is 1. The normalized spacial score (nSPS) is 22.7. The van der Waals surface area contributed by atoms with Crippen molar-refractivity contribution < 1.29 is 14.3 Å². The molecule has 1 aromatic rings. The fourth-order valence-corrected chi connectivity index (χ4v) is 4.69. The molecule has 2 aliphatic carbocycles. The van der Waals surface area contributed by atoms with E-state index in [1.54, 1.807) is 12.1 Å². The van der Waals surface area contributed by atoms with E-state index in [4.69, 9.17) is 17.3 Å². The van der Waals surface area contributed by atoms with Crippen LogP contribution in [-0.2, 0) is 16.1 Å². The second kappa shape index (κ2) is 10.3. The predicted octanol–water partition coefficient (Wildman–Crippen LogP) is 4.70. The van der Waals surface area contributed by atoms with E-state index in [1.807, 2.05) is 11.0 Å². The van der Waals surface area contributed by atoms with Gasteiger partial charge in [0.05, 0.1) is 7.11 Å². The minimum absolute atomic E-state index is 0.106. The highest BCUT2D eigenvalue weighted by Gasteiger charge is 2.33. The Hall–Kier alpha value is -1.79. The zero-order valence-electron chi connectivity index (χ0n) is 17.2. The van der Waals surface area contributed by atoms with E-state index in [0.29, 0.717) is 17.3 Å². The molecule has 3 rings (SSSR count). The molecule has 29 heavy (non-hydrogen) atoms. The van der Waals surface area contributed by atoms with Gasteiger partial charge in [-0.2, -0.15) is 0 Å². The highest BCUT2D eigenvalue weighted by molar-refractivity contribution is 6.31. The number of amides is 2. The van der Waals surface area contributed by atoms with Gasteiger partial charge in [0.15, 0.2) is 0 Å². The summed E-state index contributed by atoms with van der Waals surface area (Å²) in [5.74, 6) is 0.349. The minimum Gasteiger partial charge on any atom is -0.453 e. The summed E-state index contributed by atoms with van der Waals surface area (Å²) in [5.41, 5.74) is 7.53. The molecule has 1 aromatic carbocycles.